The molecule has 2 N–H and O–H groups in total. The molecule has 122 valence electrons. The van der Waals surface area contributed by atoms with Crippen molar-refractivity contribution in [2.75, 3.05) is 7.11 Å². The number of methoxy groups -OCH3 is 1. The van der Waals surface area contributed by atoms with Crippen LogP contribution in [0.15, 0.2) is 24.3 Å². The van der Waals surface area contributed by atoms with Crippen molar-refractivity contribution in [1.29, 1.82) is 0 Å². The van der Waals surface area contributed by atoms with Gasteiger partial charge in [-0.25, -0.2) is 0 Å². The average molecular weight is 307 g/mol. The number of benzene rings is 1. The van der Waals surface area contributed by atoms with Gasteiger partial charge in [-0.1, -0.05) is 26.0 Å². The van der Waals surface area contributed by atoms with Crippen molar-refractivity contribution in [1.82, 2.24) is 5.32 Å². The summed E-state index contributed by atoms with van der Waals surface area (Å²) < 4.78 is 5.09. The molecule has 1 atom stereocenters. The summed E-state index contributed by atoms with van der Waals surface area (Å²) in [5, 5.41) is 11.9. The fraction of sp³-hybridized carbons (Fsp3) is 0.529. The van der Waals surface area contributed by atoms with Gasteiger partial charge in [-0.05, 0) is 37.0 Å². The molecular formula is C17H25NO4. The minimum Gasteiger partial charge on any atom is -0.497 e. The summed E-state index contributed by atoms with van der Waals surface area (Å²) >= 11 is 0. The Balaban J connectivity index is 2.58. The number of carbonyl (C=O) groups is 2. The topological polar surface area (TPSA) is 75.6 Å². The Hall–Kier alpha value is -2.04. The van der Waals surface area contributed by atoms with Gasteiger partial charge in [0.2, 0.25) is 5.91 Å². The van der Waals surface area contributed by atoms with Crippen LogP contribution in [0.1, 0.15) is 39.2 Å². The second kappa shape index (κ2) is 7.82. The molecule has 0 heterocycles. The molecule has 0 radical (unpaired) electrons. The van der Waals surface area contributed by atoms with Crippen LogP contribution < -0.4 is 10.1 Å². The number of aliphatic carboxylic acids is 1. The zero-order chi connectivity index (χ0) is 16.8. The zero-order valence-corrected chi connectivity index (χ0v) is 13.7. The highest BCUT2D eigenvalue weighted by Crippen LogP contribution is 2.21. The Labute approximate surface area is 131 Å². The fourth-order valence-electron chi connectivity index (χ4n) is 2.14. The minimum atomic E-state index is -0.911. The Morgan fingerprint density at radius 1 is 1.27 bits per heavy atom. The smallest absolute Gasteiger partial charge is 0.305 e. The Morgan fingerprint density at radius 3 is 2.32 bits per heavy atom. The van der Waals surface area contributed by atoms with Crippen molar-refractivity contribution in [3.8, 4) is 5.75 Å². The SMILES string of the molecule is COc1ccc(CCC(=O)NC(C)(CC(=O)O)C(C)C)cc1. The molecule has 0 fully saturated rings. The van der Waals surface area contributed by atoms with Gasteiger partial charge in [-0.15, -0.1) is 0 Å². The number of ether oxygens (including phenoxy) is 1. The van der Waals surface area contributed by atoms with Gasteiger partial charge in [-0.3, -0.25) is 9.59 Å². The third-order valence-corrected chi connectivity index (χ3v) is 4.02. The fourth-order valence-corrected chi connectivity index (χ4v) is 2.14. The lowest BCUT2D eigenvalue weighted by molar-refractivity contribution is -0.139. The van der Waals surface area contributed by atoms with E-state index in [1.165, 1.54) is 0 Å². The molecule has 0 saturated carbocycles. The third kappa shape index (κ3) is 5.39. The van der Waals surface area contributed by atoms with Gasteiger partial charge in [0.1, 0.15) is 5.75 Å². The van der Waals surface area contributed by atoms with Gasteiger partial charge < -0.3 is 15.2 Å². The number of rotatable bonds is 8. The first-order chi connectivity index (χ1) is 10.3. The highest BCUT2D eigenvalue weighted by Gasteiger charge is 2.32. The first-order valence-electron chi connectivity index (χ1n) is 7.42. The van der Waals surface area contributed by atoms with E-state index in [-0.39, 0.29) is 18.2 Å². The van der Waals surface area contributed by atoms with Crippen LogP contribution in [-0.2, 0) is 16.0 Å². The Morgan fingerprint density at radius 2 is 1.86 bits per heavy atom. The Bertz CT molecular complexity index is 510. The van der Waals surface area contributed by atoms with E-state index in [9.17, 15) is 9.59 Å². The van der Waals surface area contributed by atoms with Crippen LogP contribution in [0.2, 0.25) is 0 Å². The predicted octanol–water partition coefficient (Wildman–Crippen LogP) is 2.63. The van der Waals surface area contributed by atoms with Crippen molar-refractivity contribution < 1.29 is 19.4 Å². The number of carboxylic acid groups (broad SMARTS) is 1. The van der Waals surface area contributed by atoms with E-state index < -0.39 is 11.5 Å². The number of nitrogens with one attached hydrogen (secondary N) is 1. The lowest BCUT2D eigenvalue weighted by Gasteiger charge is -2.33. The van der Waals surface area contributed by atoms with Crippen molar-refractivity contribution in [3.05, 3.63) is 29.8 Å². The molecule has 0 aliphatic carbocycles. The lowest BCUT2D eigenvalue weighted by Crippen LogP contribution is -2.51. The van der Waals surface area contributed by atoms with Gasteiger partial charge in [0, 0.05) is 12.0 Å². The molecule has 1 unspecified atom stereocenters. The molecular weight excluding hydrogens is 282 g/mol. The highest BCUT2D eigenvalue weighted by molar-refractivity contribution is 5.78. The average Bonchev–Trinajstić information content (AvgIpc) is 2.44. The summed E-state index contributed by atoms with van der Waals surface area (Å²) in [6.45, 7) is 5.59. The summed E-state index contributed by atoms with van der Waals surface area (Å²) in [6.07, 6.45) is 0.851. The molecule has 1 aromatic carbocycles. The van der Waals surface area contributed by atoms with Gasteiger partial charge in [-0.2, -0.15) is 0 Å². The summed E-state index contributed by atoms with van der Waals surface area (Å²) in [5.41, 5.74) is 0.309. The van der Waals surface area contributed by atoms with Gasteiger partial charge >= 0.3 is 5.97 Å². The quantitative estimate of drug-likeness (QED) is 0.774. The first kappa shape index (κ1) is 18.0. The summed E-state index contributed by atoms with van der Waals surface area (Å²) in [5.74, 6) is -0.226. The molecule has 0 spiro atoms. The molecule has 0 aromatic heterocycles. The van der Waals surface area contributed by atoms with E-state index in [1.54, 1.807) is 14.0 Å². The number of amides is 1. The molecule has 1 rings (SSSR count). The standard InChI is InChI=1S/C17H25NO4/c1-12(2)17(3,11-16(20)21)18-15(19)10-7-13-5-8-14(22-4)9-6-13/h5-6,8-9,12H,7,10-11H2,1-4H3,(H,18,19)(H,20,21). The van der Waals surface area contributed by atoms with Crippen molar-refractivity contribution in [2.24, 2.45) is 5.92 Å². The maximum atomic E-state index is 12.1. The number of carbonyl (C=O) groups excluding carboxylic acids is 1. The van der Waals surface area contributed by atoms with Crippen LogP contribution in [-0.4, -0.2) is 29.6 Å². The molecule has 22 heavy (non-hydrogen) atoms. The number of hydrogen-bond acceptors (Lipinski definition) is 3. The van der Waals surface area contributed by atoms with Crippen molar-refractivity contribution in [3.63, 3.8) is 0 Å². The zero-order valence-electron chi connectivity index (χ0n) is 13.7. The maximum absolute atomic E-state index is 12.1. The van der Waals surface area contributed by atoms with Gasteiger partial charge in [0.25, 0.3) is 0 Å². The molecule has 0 aliphatic heterocycles. The van der Waals surface area contributed by atoms with Crippen LogP contribution in [0.5, 0.6) is 5.75 Å². The van der Waals surface area contributed by atoms with Crippen molar-refractivity contribution >= 4 is 11.9 Å². The van der Waals surface area contributed by atoms with Crippen LogP contribution in [0.25, 0.3) is 0 Å². The third-order valence-electron chi connectivity index (χ3n) is 4.02. The van der Waals surface area contributed by atoms with Crippen LogP contribution in [0, 0.1) is 5.92 Å². The molecule has 0 aliphatic rings. The van der Waals surface area contributed by atoms with E-state index in [1.807, 2.05) is 38.1 Å². The van der Waals surface area contributed by atoms with Gasteiger partial charge in [0.15, 0.2) is 0 Å². The van der Waals surface area contributed by atoms with E-state index in [2.05, 4.69) is 5.32 Å². The molecule has 0 saturated heterocycles. The lowest BCUT2D eigenvalue weighted by atomic mass is 9.85. The highest BCUT2D eigenvalue weighted by atomic mass is 16.5. The molecule has 1 amide bonds. The van der Waals surface area contributed by atoms with Gasteiger partial charge in [0.05, 0.1) is 13.5 Å². The number of carboxylic acids is 1. The van der Waals surface area contributed by atoms with E-state index in [0.717, 1.165) is 11.3 Å². The van der Waals surface area contributed by atoms with Crippen LogP contribution in [0.4, 0.5) is 0 Å². The molecule has 1 aromatic rings. The van der Waals surface area contributed by atoms with Crippen LogP contribution in [0.3, 0.4) is 0 Å². The maximum Gasteiger partial charge on any atom is 0.305 e. The number of hydrogen-bond donors (Lipinski definition) is 2. The van der Waals surface area contributed by atoms with Crippen molar-refractivity contribution in [2.45, 2.75) is 45.6 Å². The predicted molar refractivity (Wildman–Crippen MR) is 85.0 cm³/mol. The second-order valence-corrected chi connectivity index (χ2v) is 6.04. The van der Waals surface area contributed by atoms with E-state index in [4.69, 9.17) is 9.84 Å². The number of aryl methyl sites for hydroxylation is 1. The first-order valence-corrected chi connectivity index (χ1v) is 7.42. The van der Waals surface area contributed by atoms with Crippen LogP contribution >= 0.6 is 0 Å². The van der Waals surface area contributed by atoms with E-state index >= 15 is 0 Å². The normalized spacial score (nSPS) is 13.5. The Kier molecular flexibility index (Phi) is 6.40. The largest absolute Gasteiger partial charge is 0.497 e. The molecule has 5 heteroatoms. The molecule has 5 nitrogen and oxygen atoms in total. The van der Waals surface area contributed by atoms with E-state index in [0.29, 0.717) is 12.8 Å². The molecule has 0 bridgehead atoms. The summed E-state index contributed by atoms with van der Waals surface area (Å²) in [7, 11) is 1.61. The summed E-state index contributed by atoms with van der Waals surface area (Å²) in [4.78, 5) is 23.1. The summed E-state index contributed by atoms with van der Waals surface area (Å²) in [6, 6.07) is 7.56. The second-order valence-electron chi connectivity index (χ2n) is 6.04. The monoisotopic (exact) mass is 307 g/mol. The minimum absolute atomic E-state index is 0.0357.